The van der Waals surface area contributed by atoms with Crippen molar-refractivity contribution in [3.63, 3.8) is 0 Å². The first-order valence-electron chi connectivity index (χ1n) is 3.93. The Morgan fingerprint density at radius 1 is 1.75 bits per heavy atom. The van der Waals surface area contributed by atoms with Crippen molar-refractivity contribution < 1.29 is 9.63 Å². The Morgan fingerprint density at radius 3 is 3.17 bits per heavy atom. The van der Waals surface area contributed by atoms with Gasteiger partial charge in [0.05, 0.1) is 6.10 Å². The van der Waals surface area contributed by atoms with Gasteiger partial charge in [0, 0.05) is 19.5 Å². The number of nitrogens with one attached hydrogen (secondary N) is 1. The van der Waals surface area contributed by atoms with E-state index >= 15 is 0 Å². The normalized spacial score (nSPS) is 13.2. The summed E-state index contributed by atoms with van der Waals surface area (Å²) in [4.78, 5) is 3.85. The molecule has 0 radical (unpaired) electrons. The van der Waals surface area contributed by atoms with Gasteiger partial charge in [-0.05, 0) is 6.92 Å². The standard InChI is InChI=1S/C7H13N3O2/c1-6(11)4-8-3-2-7-9-5-12-10-7/h5-6,8,11H,2-4H2,1H3/t6-/m0/s1. The fourth-order valence-electron chi connectivity index (χ4n) is 0.814. The molecule has 5 nitrogen and oxygen atoms in total. The fraction of sp³-hybridized carbons (Fsp3) is 0.714. The molecule has 0 bridgehead atoms. The quantitative estimate of drug-likeness (QED) is 0.589. The van der Waals surface area contributed by atoms with Crippen LogP contribution in [0.5, 0.6) is 0 Å². The predicted molar refractivity (Wildman–Crippen MR) is 42.6 cm³/mol. The Kier molecular flexibility index (Phi) is 3.69. The first kappa shape index (κ1) is 9.15. The van der Waals surface area contributed by atoms with E-state index in [0.29, 0.717) is 12.4 Å². The number of hydrogen-bond acceptors (Lipinski definition) is 5. The van der Waals surface area contributed by atoms with Gasteiger partial charge in [0.25, 0.3) is 0 Å². The average molecular weight is 171 g/mol. The minimum atomic E-state index is -0.310. The van der Waals surface area contributed by atoms with Crippen molar-refractivity contribution in [1.82, 2.24) is 15.5 Å². The maximum absolute atomic E-state index is 8.90. The number of aromatic nitrogens is 2. The van der Waals surface area contributed by atoms with Crippen LogP contribution in [0.25, 0.3) is 0 Å². The Hall–Kier alpha value is -0.940. The molecule has 68 valence electrons. The Morgan fingerprint density at radius 2 is 2.58 bits per heavy atom. The van der Waals surface area contributed by atoms with Gasteiger partial charge in [-0.1, -0.05) is 5.16 Å². The summed E-state index contributed by atoms with van der Waals surface area (Å²) < 4.78 is 4.55. The summed E-state index contributed by atoms with van der Waals surface area (Å²) in [5, 5.41) is 15.6. The molecule has 0 aromatic carbocycles. The molecular formula is C7H13N3O2. The second-order valence-electron chi connectivity index (χ2n) is 2.65. The molecular weight excluding hydrogens is 158 g/mol. The molecule has 0 aliphatic heterocycles. The predicted octanol–water partition coefficient (Wildman–Crippen LogP) is -0.418. The van der Waals surface area contributed by atoms with Gasteiger partial charge >= 0.3 is 0 Å². The summed E-state index contributed by atoms with van der Waals surface area (Å²) >= 11 is 0. The average Bonchev–Trinajstić information content (AvgIpc) is 2.49. The first-order valence-corrected chi connectivity index (χ1v) is 3.93. The smallest absolute Gasteiger partial charge is 0.213 e. The number of hydrogen-bond donors (Lipinski definition) is 2. The van der Waals surface area contributed by atoms with E-state index in [-0.39, 0.29) is 6.10 Å². The summed E-state index contributed by atoms with van der Waals surface area (Å²) in [7, 11) is 0. The van der Waals surface area contributed by atoms with Crippen molar-refractivity contribution >= 4 is 0 Å². The molecule has 0 amide bonds. The zero-order valence-electron chi connectivity index (χ0n) is 7.03. The molecule has 0 saturated heterocycles. The third-order valence-corrected chi connectivity index (χ3v) is 1.37. The maximum atomic E-state index is 8.90. The van der Waals surface area contributed by atoms with E-state index in [2.05, 4.69) is 20.0 Å². The zero-order chi connectivity index (χ0) is 8.81. The van der Waals surface area contributed by atoms with Gasteiger partial charge in [-0.25, -0.2) is 0 Å². The van der Waals surface area contributed by atoms with Gasteiger partial charge in [-0.3, -0.25) is 0 Å². The molecule has 0 spiro atoms. The van der Waals surface area contributed by atoms with Gasteiger partial charge in [0.15, 0.2) is 5.82 Å². The van der Waals surface area contributed by atoms with Crippen LogP contribution >= 0.6 is 0 Å². The van der Waals surface area contributed by atoms with Crippen molar-refractivity contribution in [2.45, 2.75) is 19.4 Å². The molecule has 1 rings (SSSR count). The summed E-state index contributed by atoms with van der Waals surface area (Å²) in [6.45, 7) is 3.09. The number of aliphatic hydroxyl groups is 1. The van der Waals surface area contributed by atoms with Gasteiger partial charge in [0.2, 0.25) is 6.39 Å². The second kappa shape index (κ2) is 4.84. The van der Waals surface area contributed by atoms with Crippen LogP contribution in [0, 0.1) is 0 Å². The molecule has 0 aliphatic carbocycles. The van der Waals surface area contributed by atoms with Crippen LogP contribution in [-0.2, 0) is 6.42 Å². The van der Waals surface area contributed by atoms with E-state index in [1.807, 2.05) is 0 Å². The molecule has 0 unspecified atom stereocenters. The molecule has 2 N–H and O–H groups in total. The molecule has 0 saturated carbocycles. The maximum Gasteiger partial charge on any atom is 0.213 e. The lowest BCUT2D eigenvalue weighted by molar-refractivity contribution is 0.191. The van der Waals surface area contributed by atoms with Crippen LogP contribution < -0.4 is 5.32 Å². The molecule has 1 heterocycles. The van der Waals surface area contributed by atoms with Crippen LogP contribution in [0.4, 0.5) is 0 Å². The highest BCUT2D eigenvalue weighted by Crippen LogP contribution is 1.87. The van der Waals surface area contributed by atoms with Crippen molar-refractivity contribution in [3.05, 3.63) is 12.2 Å². The summed E-state index contributed by atoms with van der Waals surface area (Å²) in [5.41, 5.74) is 0. The summed E-state index contributed by atoms with van der Waals surface area (Å²) in [6.07, 6.45) is 1.73. The van der Waals surface area contributed by atoms with E-state index in [1.165, 1.54) is 6.39 Å². The monoisotopic (exact) mass is 171 g/mol. The van der Waals surface area contributed by atoms with Gasteiger partial charge in [0.1, 0.15) is 0 Å². The molecule has 1 aromatic heterocycles. The molecule has 0 fully saturated rings. The number of rotatable bonds is 5. The number of aliphatic hydroxyl groups excluding tert-OH is 1. The van der Waals surface area contributed by atoms with E-state index in [9.17, 15) is 0 Å². The largest absolute Gasteiger partial charge is 0.392 e. The van der Waals surface area contributed by atoms with Crippen molar-refractivity contribution in [3.8, 4) is 0 Å². The van der Waals surface area contributed by atoms with Crippen LogP contribution in [0.2, 0.25) is 0 Å². The fourth-order valence-corrected chi connectivity index (χ4v) is 0.814. The van der Waals surface area contributed by atoms with Gasteiger partial charge < -0.3 is 14.9 Å². The van der Waals surface area contributed by atoms with E-state index in [4.69, 9.17) is 5.11 Å². The summed E-state index contributed by atoms with van der Waals surface area (Å²) in [6, 6.07) is 0. The highest BCUT2D eigenvalue weighted by atomic mass is 16.5. The minimum Gasteiger partial charge on any atom is -0.392 e. The lowest BCUT2D eigenvalue weighted by Gasteiger charge is -2.04. The van der Waals surface area contributed by atoms with Crippen molar-refractivity contribution in [1.29, 1.82) is 0 Å². The molecule has 12 heavy (non-hydrogen) atoms. The Bertz CT molecular complexity index is 198. The lowest BCUT2D eigenvalue weighted by Crippen LogP contribution is -2.26. The first-order chi connectivity index (χ1) is 5.79. The topological polar surface area (TPSA) is 71.2 Å². The van der Waals surface area contributed by atoms with E-state index < -0.39 is 0 Å². The minimum absolute atomic E-state index is 0.310. The third kappa shape index (κ3) is 3.45. The number of nitrogens with zero attached hydrogens (tertiary/aromatic N) is 2. The second-order valence-corrected chi connectivity index (χ2v) is 2.65. The molecule has 1 atom stereocenters. The van der Waals surface area contributed by atoms with E-state index in [1.54, 1.807) is 6.92 Å². The van der Waals surface area contributed by atoms with Crippen LogP contribution in [0.1, 0.15) is 12.7 Å². The SMILES string of the molecule is C[C@H](O)CNCCc1ncon1. The Balaban J connectivity index is 2.04. The highest BCUT2D eigenvalue weighted by molar-refractivity contribution is 4.78. The van der Waals surface area contributed by atoms with Gasteiger partial charge in [-0.15, -0.1) is 0 Å². The zero-order valence-corrected chi connectivity index (χ0v) is 7.03. The molecule has 1 aromatic rings. The van der Waals surface area contributed by atoms with Gasteiger partial charge in [-0.2, -0.15) is 4.98 Å². The van der Waals surface area contributed by atoms with Crippen LogP contribution in [0.3, 0.4) is 0 Å². The molecule has 0 aliphatic rings. The van der Waals surface area contributed by atoms with Crippen molar-refractivity contribution in [2.24, 2.45) is 0 Å². The van der Waals surface area contributed by atoms with Crippen LogP contribution in [0.15, 0.2) is 10.9 Å². The molecule has 5 heteroatoms. The Labute approximate surface area is 70.8 Å². The highest BCUT2D eigenvalue weighted by Gasteiger charge is 1.98. The van der Waals surface area contributed by atoms with Crippen molar-refractivity contribution in [2.75, 3.05) is 13.1 Å². The lowest BCUT2D eigenvalue weighted by atomic mass is 10.3. The van der Waals surface area contributed by atoms with E-state index in [0.717, 1.165) is 13.0 Å². The van der Waals surface area contributed by atoms with Crippen LogP contribution in [-0.4, -0.2) is 34.4 Å². The third-order valence-electron chi connectivity index (χ3n) is 1.37. The summed E-state index contributed by atoms with van der Waals surface area (Å²) in [5.74, 6) is 0.688.